The van der Waals surface area contributed by atoms with Crippen molar-refractivity contribution in [2.45, 2.75) is 26.8 Å². The third-order valence-electron chi connectivity index (χ3n) is 5.74. The van der Waals surface area contributed by atoms with E-state index in [0.717, 1.165) is 16.9 Å². The Kier molecular flexibility index (Phi) is 7.14. The number of amides is 1. The molecule has 0 aliphatic carbocycles. The fourth-order valence-electron chi connectivity index (χ4n) is 4.03. The first kappa shape index (κ1) is 25.4. The van der Waals surface area contributed by atoms with E-state index in [4.69, 9.17) is 21.1 Å². The molecule has 1 unspecified atom stereocenters. The lowest BCUT2D eigenvalue weighted by Gasteiger charge is -2.23. The first-order valence-electron chi connectivity index (χ1n) is 11.0. The van der Waals surface area contributed by atoms with Crippen LogP contribution >= 0.6 is 22.9 Å². The molecule has 1 saturated heterocycles. The summed E-state index contributed by atoms with van der Waals surface area (Å²) in [7, 11) is 1.25. The van der Waals surface area contributed by atoms with Crippen LogP contribution in [0.4, 0.5) is 5.13 Å². The Morgan fingerprint density at radius 2 is 1.86 bits per heavy atom. The minimum absolute atomic E-state index is 0.0987. The van der Waals surface area contributed by atoms with Gasteiger partial charge < -0.3 is 14.6 Å². The second-order valence-corrected chi connectivity index (χ2v) is 9.45. The minimum atomic E-state index is -0.995. The number of rotatable bonds is 6. The number of carbonyl (C=O) groups is 3. The van der Waals surface area contributed by atoms with Crippen molar-refractivity contribution in [3.63, 3.8) is 0 Å². The standard InChI is InChI=1S/C26H23ClN2O6S/c1-5-35-18-11-8-16(12-13(18)2)21(30)19-20(15-6-9-17(27)10-7-15)29(24(32)22(19)31)26-28-14(3)23(36-26)25(33)34-4/h6-12,20,30H,5H2,1-4H3/b21-19-. The van der Waals surface area contributed by atoms with Crippen molar-refractivity contribution in [3.8, 4) is 5.75 Å². The molecule has 1 fully saturated rings. The largest absolute Gasteiger partial charge is 0.507 e. The number of ether oxygens (including phenoxy) is 2. The highest BCUT2D eigenvalue weighted by Crippen LogP contribution is 2.44. The van der Waals surface area contributed by atoms with Gasteiger partial charge in [0.25, 0.3) is 5.78 Å². The average molecular weight is 527 g/mol. The van der Waals surface area contributed by atoms with Crippen LogP contribution in [0.1, 0.15) is 45.0 Å². The molecule has 36 heavy (non-hydrogen) atoms. The number of aliphatic hydroxyl groups excluding tert-OH is 1. The minimum Gasteiger partial charge on any atom is -0.507 e. The average Bonchev–Trinajstić information content (AvgIpc) is 3.36. The Balaban J connectivity index is 1.91. The van der Waals surface area contributed by atoms with Gasteiger partial charge in [0.1, 0.15) is 16.4 Å². The molecule has 1 aliphatic rings. The van der Waals surface area contributed by atoms with Gasteiger partial charge in [-0.1, -0.05) is 35.1 Å². The number of thiazole rings is 1. The summed E-state index contributed by atoms with van der Waals surface area (Å²) in [6.07, 6.45) is 0. The quantitative estimate of drug-likeness (QED) is 0.203. The van der Waals surface area contributed by atoms with E-state index in [-0.39, 0.29) is 21.3 Å². The number of esters is 1. The van der Waals surface area contributed by atoms with Crippen LogP contribution in [-0.2, 0) is 14.3 Å². The molecule has 186 valence electrons. The molecule has 0 bridgehead atoms. The van der Waals surface area contributed by atoms with Crippen LogP contribution in [0, 0.1) is 13.8 Å². The first-order valence-corrected chi connectivity index (χ1v) is 12.2. The first-order chi connectivity index (χ1) is 17.2. The number of nitrogens with zero attached hydrogens (tertiary/aromatic N) is 2. The number of halogens is 1. The molecule has 1 amide bonds. The Labute approximate surface area is 216 Å². The molecule has 1 aliphatic heterocycles. The Bertz CT molecular complexity index is 1400. The van der Waals surface area contributed by atoms with Crippen LogP contribution in [0.5, 0.6) is 5.75 Å². The molecule has 10 heteroatoms. The lowest BCUT2D eigenvalue weighted by Crippen LogP contribution is -2.29. The highest BCUT2D eigenvalue weighted by molar-refractivity contribution is 7.17. The number of aryl methyl sites for hydroxylation is 2. The van der Waals surface area contributed by atoms with E-state index in [1.165, 1.54) is 12.0 Å². The molecule has 0 spiro atoms. The topological polar surface area (TPSA) is 106 Å². The number of aromatic nitrogens is 1. The molecular weight excluding hydrogens is 504 g/mol. The van der Waals surface area contributed by atoms with Gasteiger partial charge in [0, 0.05) is 10.6 Å². The summed E-state index contributed by atoms with van der Waals surface area (Å²) in [6.45, 7) is 5.79. The number of anilines is 1. The second kappa shape index (κ2) is 10.1. The van der Waals surface area contributed by atoms with Crippen LogP contribution in [0.25, 0.3) is 5.76 Å². The number of aliphatic hydroxyl groups is 1. The predicted octanol–water partition coefficient (Wildman–Crippen LogP) is 5.22. The van der Waals surface area contributed by atoms with Crippen molar-refractivity contribution < 1.29 is 29.0 Å². The summed E-state index contributed by atoms with van der Waals surface area (Å²) in [6, 6.07) is 10.6. The molecule has 1 aromatic heterocycles. The molecule has 0 radical (unpaired) electrons. The molecular formula is C26H23ClN2O6S. The fourth-order valence-corrected chi connectivity index (χ4v) is 5.17. The lowest BCUT2D eigenvalue weighted by atomic mass is 9.95. The van der Waals surface area contributed by atoms with Crippen molar-refractivity contribution in [3.05, 3.63) is 80.3 Å². The van der Waals surface area contributed by atoms with Gasteiger partial charge in [-0.2, -0.15) is 0 Å². The molecule has 4 rings (SSSR count). The van der Waals surface area contributed by atoms with Crippen LogP contribution in [-0.4, -0.2) is 41.5 Å². The third kappa shape index (κ3) is 4.47. The number of benzene rings is 2. The van der Waals surface area contributed by atoms with E-state index in [1.54, 1.807) is 49.4 Å². The SMILES string of the molecule is CCOc1ccc(/C(O)=C2/C(=O)C(=O)N(c3nc(C)c(C(=O)OC)s3)C2c2ccc(Cl)cc2)cc1C. The summed E-state index contributed by atoms with van der Waals surface area (Å²) in [5.41, 5.74) is 1.92. The van der Waals surface area contributed by atoms with Gasteiger partial charge in [-0.25, -0.2) is 9.78 Å². The van der Waals surface area contributed by atoms with Gasteiger partial charge in [-0.15, -0.1) is 0 Å². The monoisotopic (exact) mass is 526 g/mol. The van der Waals surface area contributed by atoms with Crippen molar-refractivity contribution in [2.24, 2.45) is 0 Å². The van der Waals surface area contributed by atoms with Crippen LogP contribution in [0.2, 0.25) is 5.02 Å². The van der Waals surface area contributed by atoms with E-state index >= 15 is 0 Å². The Hall–Kier alpha value is -3.69. The lowest BCUT2D eigenvalue weighted by molar-refractivity contribution is -0.132. The maximum absolute atomic E-state index is 13.3. The zero-order valence-electron chi connectivity index (χ0n) is 20.0. The zero-order chi connectivity index (χ0) is 26.1. The number of Topliss-reactive ketones (excluding diaryl/α,β-unsaturated/α-hetero) is 1. The second-order valence-electron chi connectivity index (χ2n) is 8.04. The number of ketones is 1. The van der Waals surface area contributed by atoms with E-state index in [1.807, 2.05) is 13.8 Å². The number of methoxy groups -OCH3 is 1. The van der Waals surface area contributed by atoms with Crippen molar-refractivity contribution in [2.75, 3.05) is 18.6 Å². The summed E-state index contributed by atoms with van der Waals surface area (Å²) in [4.78, 5) is 44.6. The zero-order valence-corrected chi connectivity index (χ0v) is 21.6. The third-order valence-corrected chi connectivity index (χ3v) is 7.13. The van der Waals surface area contributed by atoms with E-state index in [9.17, 15) is 19.5 Å². The van der Waals surface area contributed by atoms with Crippen molar-refractivity contribution in [1.82, 2.24) is 4.98 Å². The number of hydrogen-bond acceptors (Lipinski definition) is 8. The molecule has 3 aromatic rings. The van der Waals surface area contributed by atoms with Gasteiger partial charge in [-0.05, 0) is 62.2 Å². The Morgan fingerprint density at radius 3 is 2.47 bits per heavy atom. The predicted molar refractivity (Wildman–Crippen MR) is 137 cm³/mol. The smallest absolute Gasteiger partial charge is 0.350 e. The van der Waals surface area contributed by atoms with Crippen molar-refractivity contribution in [1.29, 1.82) is 0 Å². The number of hydrogen-bond donors (Lipinski definition) is 1. The van der Waals surface area contributed by atoms with E-state index in [2.05, 4.69) is 4.98 Å². The molecule has 2 heterocycles. The fraction of sp³-hybridized carbons (Fsp3) is 0.231. The normalized spacial score (nSPS) is 16.9. The van der Waals surface area contributed by atoms with Crippen LogP contribution in [0.3, 0.4) is 0 Å². The van der Waals surface area contributed by atoms with Gasteiger partial charge >= 0.3 is 11.9 Å². The van der Waals surface area contributed by atoms with Gasteiger partial charge in [0.15, 0.2) is 5.13 Å². The van der Waals surface area contributed by atoms with Crippen molar-refractivity contribution >= 4 is 51.5 Å². The molecule has 0 saturated carbocycles. The summed E-state index contributed by atoms with van der Waals surface area (Å²) in [5, 5.41) is 11.9. The highest BCUT2D eigenvalue weighted by Gasteiger charge is 2.48. The maximum atomic E-state index is 13.3. The summed E-state index contributed by atoms with van der Waals surface area (Å²) >= 11 is 7.01. The highest BCUT2D eigenvalue weighted by atomic mass is 35.5. The van der Waals surface area contributed by atoms with Gasteiger partial charge in [0.05, 0.1) is 31.0 Å². The summed E-state index contributed by atoms with van der Waals surface area (Å²) in [5.74, 6) is -2.02. The maximum Gasteiger partial charge on any atom is 0.350 e. The van der Waals surface area contributed by atoms with E-state index in [0.29, 0.717) is 34.2 Å². The van der Waals surface area contributed by atoms with Crippen LogP contribution < -0.4 is 9.64 Å². The van der Waals surface area contributed by atoms with E-state index < -0.39 is 23.7 Å². The number of carbonyl (C=O) groups excluding carboxylic acids is 3. The summed E-state index contributed by atoms with van der Waals surface area (Å²) < 4.78 is 10.4. The van der Waals surface area contributed by atoms with Crippen LogP contribution in [0.15, 0.2) is 48.0 Å². The molecule has 1 atom stereocenters. The van der Waals surface area contributed by atoms with Gasteiger partial charge in [0.2, 0.25) is 0 Å². The Morgan fingerprint density at radius 1 is 1.17 bits per heavy atom. The molecule has 2 aromatic carbocycles. The molecule has 1 N–H and O–H groups in total. The van der Waals surface area contributed by atoms with Gasteiger partial charge in [-0.3, -0.25) is 14.5 Å². The molecule has 8 nitrogen and oxygen atoms in total.